The molecule has 1 aromatic carbocycles. The van der Waals surface area contributed by atoms with Gasteiger partial charge in [0.15, 0.2) is 5.76 Å². The molecule has 2 aromatic rings. The second-order valence-electron chi connectivity index (χ2n) is 6.69. The standard InChI is InChI=1S/C20H25N3O4/c1-12-9-13(2)18(14(3)10-12)22-17(24)11-23(5)20(26)15(4)21-19(25)16-7-6-8-27-16/h6-10,15H,11H2,1-5H3,(H,21,25)(H,22,24). The number of hydrogen-bond donors (Lipinski definition) is 2. The predicted molar refractivity (Wildman–Crippen MR) is 103 cm³/mol. The first-order valence-corrected chi connectivity index (χ1v) is 8.66. The Balaban J connectivity index is 1.93. The van der Waals surface area contributed by atoms with Crippen LogP contribution in [0.2, 0.25) is 0 Å². The zero-order valence-corrected chi connectivity index (χ0v) is 16.3. The first-order valence-electron chi connectivity index (χ1n) is 8.66. The van der Waals surface area contributed by atoms with E-state index in [1.165, 1.54) is 24.3 Å². The molecule has 0 aliphatic carbocycles. The molecule has 1 heterocycles. The molecule has 3 amide bonds. The van der Waals surface area contributed by atoms with Crippen LogP contribution in [0.5, 0.6) is 0 Å². The quantitative estimate of drug-likeness (QED) is 0.816. The van der Waals surface area contributed by atoms with E-state index in [1.54, 1.807) is 13.0 Å². The van der Waals surface area contributed by atoms with Gasteiger partial charge >= 0.3 is 0 Å². The van der Waals surface area contributed by atoms with Gasteiger partial charge in [0.05, 0.1) is 12.8 Å². The number of likely N-dealkylation sites (N-methyl/N-ethyl adjacent to an activating group) is 1. The number of hydrogen-bond acceptors (Lipinski definition) is 4. The third-order valence-electron chi connectivity index (χ3n) is 4.16. The number of carbonyl (C=O) groups is 3. The number of anilines is 1. The summed E-state index contributed by atoms with van der Waals surface area (Å²) in [5.74, 6) is -1.03. The Morgan fingerprint density at radius 1 is 1.15 bits per heavy atom. The summed E-state index contributed by atoms with van der Waals surface area (Å²) < 4.78 is 5.00. The third-order valence-corrected chi connectivity index (χ3v) is 4.16. The van der Waals surface area contributed by atoms with E-state index in [9.17, 15) is 14.4 Å². The molecule has 2 rings (SSSR count). The normalized spacial score (nSPS) is 11.6. The van der Waals surface area contributed by atoms with Crippen LogP contribution in [0.1, 0.15) is 34.2 Å². The molecule has 0 aliphatic heterocycles. The molecule has 0 saturated carbocycles. The molecule has 144 valence electrons. The van der Waals surface area contributed by atoms with Crippen LogP contribution in [0.15, 0.2) is 34.9 Å². The predicted octanol–water partition coefficient (Wildman–Crippen LogP) is 2.42. The molecule has 0 bridgehead atoms. The maximum absolute atomic E-state index is 12.4. The Hall–Kier alpha value is -3.09. The maximum atomic E-state index is 12.4. The first kappa shape index (κ1) is 20.2. The average molecular weight is 371 g/mol. The number of rotatable bonds is 6. The Morgan fingerprint density at radius 2 is 1.78 bits per heavy atom. The van der Waals surface area contributed by atoms with E-state index in [2.05, 4.69) is 10.6 Å². The Morgan fingerprint density at radius 3 is 2.33 bits per heavy atom. The maximum Gasteiger partial charge on any atom is 0.287 e. The summed E-state index contributed by atoms with van der Waals surface area (Å²) in [5.41, 5.74) is 3.81. The third kappa shape index (κ3) is 5.20. The van der Waals surface area contributed by atoms with Gasteiger partial charge in [-0.1, -0.05) is 17.7 Å². The molecule has 1 atom stereocenters. The van der Waals surface area contributed by atoms with E-state index in [0.717, 1.165) is 22.4 Å². The number of nitrogens with zero attached hydrogens (tertiary/aromatic N) is 1. The lowest BCUT2D eigenvalue weighted by Gasteiger charge is -2.22. The van der Waals surface area contributed by atoms with Crippen LogP contribution >= 0.6 is 0 Å². The second kappa shape index (κ2) is 8.53. The number of amides is 3. The summed E-state index contributed by atoms with van der Waals surface area (Å²) in [6.07, 6.45) is 1.38. The lowest BCUT2D eigenvalue weighted by molar-refractivity contribution is -0.134. The molecular formula is C20H25N3O4. The van der Waals surface area contributed by atoms with Crippen LogP contribution in [-0.2, 0) is 9.59 Å². The van der Waals surface area contributed by atoms with E-state index >= 15 is 0 Å². The molecule has 7 nitrogen and oxygen atoms in total. The van der Waals surface area contributed by atoms with Crippen molar-refractivity contribution < 1.29 is 18.8 Å². The van der Waals surface area contributed by atoms with Crippen LogP contribution in [0.3, 0.4) is 0 Å². The van der Waals surface area contributed by atoms with Gasteiger partial charge < -0.3 is 20.0 Å². The number of benzene rings is 1. The van der Waals surface area contributed by atoms with Crippen molar-refractivity contribution in [1.29, 1.82) is 0 Å². The Labute approximate surface area is 158 Å². The monoisotopic (exact) mass is 371 g/mol. The van der Waals surface area contributed by atoms with Gasteiger partial charge in [0.1, 0.15) is 6.04 Å². The zero-order valence-electron chi connectivity index (χ0n) is 16.3. The van der Waals surface area contributed by atoms with Gasteiger partial charge in [-0.3, -0.25) is 14.4 Å². The molecule has 27 heavy (non-hydrogen) atoms. The highest BCUT2D eigenvalue weighted by molar-refractivity contribution is 5.98. The highest BCUT2D eigenvalue weighted by Gasteiger charge is 2.22. The minimum absolute atomic E-state index is 0.118. The molecule has 0 fully saturated rings. The van der Waals surface area contributed by atoms with Crippen LogP contribution < -0.4 is 10.6 Å². The number of aryl methyl sites for hydroxylation is 3. The Kier molecular flexibility index (Phi) is 6.39. The number of furan rings is 1. The highest BCUT2D eigenvalue weighted by atomic mass is 16.3. The van der Waals surface area contributed by atoms with Crippen molar-refractivity contribution in [3.8, 4) is 0 Å². The summed E-state index contributed by atoms with van der Waals surface area (Å²) >= 11 is 0. The van der Waals surface area contributed by atoms with Gasteiger partial charge in [0.2, 0.25) is 11.8 Å². The average Bonchev–Trinajstić information content (AvgIpc) is 3.11. The summed E-state index contributed by atoms with van der Waals surface area (Å²) in [6.45, 7) is 7.29. The van der Waals surface area contributed by atoms with Crippen LogP contribution in [0.4, 0.5) is 5.69 Å². The van der Waals surface area contributed by atoms with E-state index in [1.807, 2.05) is 32.9 Å². The minimum atomic E-state index is -0.789. The topological polar surface area (TPSA) is 91.7 Å². The molecular weight excluding hydrogens is 346 g/mol. The van der Waals surface area contributed by atoms with Gasteiger partial charge in [0.25, 0.3) is 5.91 Å². The number of carbonyl (C=O) groups excluding carboxylic acids is 3. The molecule has 1 unspecified atom stereocenters. The summed E-state index contributed by atoms with van der Waals surface area (Å²) in [4.78, 5) is 38.0. The van der Waals surface area contributed by atoms with E-state index in [0.29, 0.717) is 0 Å². The van der Waals surface area contributed by atoms with Crippen molar-refractivity contribution >= 4 is 23.4 Å². The fourth-order valence-corrected chi connectivity index (χ4v) is 2.92. The zero-order chi connectivity index (χ0) is 20.1. The van der Waals surface area contributed by atoms with Crippen LogP contribution in [0.25, 0.3) is 0 Å². The van der Waals surface area contributed by atoms with Crippen LogP contribution in [0, 0.1) is 20.8 Å². The van der Waals surface area contributed by atoms with E-state index in [4.69, 9.17) is 4.42 Å². The smallest absolute Gasteiger partial charge is 0.287 e. The van der Waals surface area contributed by atoms with Crippen molar-refractivity contribution in [1.82, 2.24) is 10.2 Å². The van der Waals surface area contributed by atoms with Crippen molar-refractivity contribution in [2.24, 2.45) is 0 Å². The second-order valence-corrected chi connectivity index (χ2v) is 6.69. The molecule has 0 radical (unpaired) electrons. The largest absolute Gasteiger partial charge is 0.459 e. The van der Waals surface area contributed by atoms with Gasteiger partial charge in [-0.25, -0.2) is 0 Å². The molecule has 0 aliphatic rings. The molecule has 1 aromatic heterocycles. The van der Waals surface area contributed by atoms with E-state index in [-0.39, 0.29) is 24.1 Å². The van der Waals surface area contributed by atoms with Gasteiger partial charge in [-0.15, -0.1) is 0 Å². The molecule has 0 saturated heterocycles. The summed E-state index contributed by atoms with van der Waals surface area (Å²) in [5, 5.41) is 5.41. The van der Waals surface area contributed by atoms with Gasteiger partial charge in [0, 0.05) is 12.7 Å². The van der Waals surface area contributed by atoms with Crippen molar-refractivity contribution in [2.45, 2.75) is 33.7 Å². The van der Waals surface area contributed by atoms with Crippen molar-refractivity contribution in [3.63, 3.8) is 0 Å². The highest BCUT2D eigenvalue weighted by Crippen LogP contribution is 2.21. The first-order chi connectivity index (χ1) is 12.7. The van der Waals surface area contributed by atoms with Crippen molar-refractivity contribution in [2.75, 3.05) is 18.9 Å². The minimum Gasteiger partial charge on any atom is -0.459 e. The molecule has 2 N–H and O–H groups in total. The summed E-state index contributed by atoms with van der Waals surface area (Å²) in [7, 11) is 1.52. The molecule has 0 spiro atoms. The SMILES string of the molecule is Cc1cc(C)c(NC(=O)CN(C)C(=O)C(C)NC(=O)c2ccco2)c(C)c1. The lowest BCUT2D eigenvalue weighted by Crippen LogP contribution is -2.47. The van der Waals surface area contributed by atoms with E-state index < -0.39 is 11.9 Å². The molecule has 7 heteroatoms. The fraction of sp³-hybridized carbons (Fsp3) is 0.350. The fourth-order valence-electron chi connectivity index (χ4n) is 2.92. The van der Waals surface area contributed by atoms with Gasteiger partial charge in [-0.05, 0) is 51.0 Å². The lowest BCUT2D eigenvalue weighted by atomic mass is 10.1. The van der Waals surface area contributed by atoms with Gasteiger partial charge in [-0.2, -0.15) is 0 Å². The number of nitrogens with one attached hydrogen (secondary N) is 2. The summed E-state index contributed by atoms with van der Waals surface area (Å²) in [6, 6.07) is 6.29. The van der Waals surface area contributed by atoms with Crippen LogP contribution in [-0.4, -0.2) is 42.3 Å². The Bertz CT molecular complexity index is 820. The van der Waals surface area contributed by atoms with Crippen molar-refractivity contribution in [3.05, 3.63) is 53.0 Å².